The number of halogens is 1. The predicted molar refractivity (Wildman–Crippen MR) is 49.8 cm³/mol. The van der Waals surface area contributed by atoms with E-state index in [1.54, 1.807) is 19.2 Å². The molecule has 0 amide bonds. The highest BCUT2D eigenvalue weighted by atomic mass is 79.9. The molecule has 66 valence electrons. The summed E-state index contributed by atoms with van der Waals surface area (Å²) in [5.74, 6) is 0. The van der Waals surface area contributed by atoms with E-state index in [-0.39, 0.29) is 4.90 Å². The summed E-state index contributed by atoms with van der Waals surface area (Å²) in [7, 11) is -3.15. The fraction of sp³-hybridized carbons (Fsp3) is 0.286. The molecule has 12 heavy (non-hydrogen) atoms. The van der Waals surface area contributed by atoms with Gasteiger partial charge in [0.25, 0.3) is 0 Å². The van der Waals surface area contributed by atoms with Crippen LogP contribution in [0, 0.1) is 6.92 Å². The van der Waals surface area contributed by atoms with E-state index >= 15 is 0 Å². The quantitative estimate of drug-likeness (QED) is 0.759. The molecule has 0 saturated heterocycles. The summed E-state index contributed by atoms with van der Waals surface area (Å²) >= 11 is 3.16. The largest absolute Gasteiger partial charge is 0.259 e. The van der Waals surface area contributed by atoms with Crippen LogP contribution < -0.4 is 0 Å². The first kappa shape index (κ1) is 9.67. The number of aromatic nitrogens is 1. The molecule has 0 aliphatic rings. The van der Waals surface area contributed by atoms with Gasteiger partial charge in [0.05, 0.1) is 10.6 Å². The van der Waals surface area contributed by atoms with E-state index in [9.17, 15) is 8.42 Å². The molecule has 1 aromatic rings. The van der Waals surface area contributed by atoms with Gasteiger partial charge in [0.15, 0.2) is 9.84 Å². The maximum atomic E-state index is 11.1. The Hall–Kier alpha value is -0.420. The van der Waals surface area contributed by atoms with Gasteiger partial charge in [0.1, 0.15) is 0 Å². The van der Waals surface area contributed by atoms with Gasteiger partial charge in [-0.2, -0.15) is 0 Å². The van der Waals surface area contributed by atoms with Crippen LogP contribution in [-0.2, 0) is 9.84 Å². The molecule has 1 heterocycles. The van der Waals surface area contributed by atoms with E-state index in [2.05, 4.69) is 20.9 Å². The van der Waals surface area contributed by atoms with Gasteiger partial charge in [-0.15, -0.1) is 0 Å². The molecule has 0 aliphatic heterocycles. The maximum absolute atomic E-state index is 11.1. The van der Waals surface area contributed by atoms with Crippen LogP contribution >= 0.6 is 15.9 Å². The van der Waals surface area contributed by atoms with Gasteiger partial charge in [-0.3, -0.25) is 4.98 Å². The van der Waals surface area contributed by atoms with Crippen molar-refractivity contribution >= 4 is 25.8 Å². The van der Waals surface area contributed by atoms with Crippen molar-refractivity contribution in [3.8, 4) is 0 Å². The van der Waals surface area contributed by atoms with E-state index in [0.717, 1.165) is 0 Å². The number of sulfone groups is 1. The number of nitrogens with zero attached hydrogens (tertiary/aromatic N) is 1. The van der Waals surface area contributed by atoms with Gasteiger partial charge >= 0.3 is 0 Å². The number of aryl methyl sites for hydroxylation is 1. The first-order chi connectivity index (χ1) is 5.41. The summed E-state index contributed by atoms with van der Waals surface area (Å²) in [5, 5.41) is 0. The summed E-state index contributed by atoms with van der Waals surface area (Å²) in [6, 6.07) is 1.55. The van der Waals surface area contributed by atoms with Crippen LogP contribution in [0.4, 0.5) is 0 Å². The van der Waals surface area contributed by atoms with Crippen LogP contribution in [0.15, 0.2) is 21.6 Å². The van der Waals surface area contributed by atoms with Crippen molar-refractivity contribution in [2.24, 2.45) is 0 Å². The second kappa shape index (κ2) is 3.14. The SMILES string of the molecule is Cc1ncc(Br)cc1S(C)(=O)=O. The monoisotopic (exact) mass is 249 g/mol. The zero-order valence-electron chi connectivity index (χ0n) is 6.70. The lowest BCUT2D eigenvalue weighted by Crippen LogP contribution is -2.01. The average molecular weight is 250 g/mol. The minimum atomic E-state index is -3.15. The Morgan fingerprint density at radius 2 is 2.08 bits per heavy atom. The first-order valence-electron chi connectivity index (χ1n) is 3.23. The Morgan fingerprint density at radius 3 is 2.50 bits per heavy atom. The molecule has 1 aromatic heterocycles. The molecule has 0 bridgehead atoms. The molecular formula is C7H8BrNO2S. The zero-order valence-corrected chi connectivity index (χ0v) is 9.11. The molecule has 0 aromatic carbocycles. The van der Waals surface area contributed by atoms with Crippen LogP contribution in [0.1, 0.15) is 5.69 Å². The van der Waals surface area contributed by atoms with Crippen LogP contribution in [0.5, 0.6) is 0 Å². The summed E-state index contributed by atoms with van der Waals surface area (Å²) in [4.78, 5) is 4.19. The van der Waals surface area contributed by atoms with Crippen molar-refractivity contribution in [1.82, 2.24) is 4.98 Å². The second-order valence-electron chi connectivity index (χ2n) is 2.51. The third-order valence-corrected chi connectivity index (χ3v) is 3.05. The standard InChI is InChI=1S/C7H8BrNO2S/c1-5-7(12(2,10)11)3-6(8)4-9-5/h3-4H,1-2H3. The molecular weight excluding hydrogens is 242 g/mol. The maximum Gasteiger partial charge on any atom is 0.177 e. The van der Waals surface area contributed by atoms with E-state index < -0.39 is 9.84 Å². The fourth-order valence-corrected chi connectivity index (χ4v) is 2.28. The van der Waals surface area contributed by atoms with Crippen molar-refractivity contribution in [3.63, 3.8) is 0 Å². The minimum Gasteiger partial charge on any atom is -0.259 e. The molecule has 0 radical (unpaired) electrons. The Kier molecular flexibility index (Phi) is 2.53. The van der Waals surface area contributed by atoms with Crippen molar-refractivity contribution in [1.29, 1.82) is 0 Å². The highest BCUT2D eigenvalue weighted by Gasteiger charge is 2.11. The molecule has 0 unspecified atom stereocenters. The van der Waals surface area contributed by atoms with Gasteiger partial charge in [-0.25, -0.2) is 8.42 Å². The molecule has 3 nitrogen and oxygen atoms in total. The molecule has 0 saturated carbocycles. The van der Waals surface area contributed by atoms with Crippen molar-refractivity contribution in [2.75, 3.05) is 6.26 Å². The number of hydrogen-bond acceptors (Lipinski definition) is 3. The number of rotatable bonds is 1. The van der Waals surface area contributed by atoms with Crippen molar-refractivity contribution in [3.05, 3.63) is 22.4 Å². The molecule has 0 aliphatic carbocycles. The highest BCUT2D eigenvalue weighted by Crippen LogP contribution is 2.17. The van der Waals surface area contributed by atoms with Crippen molar-refractivity contribution in [2.45, 2.75) is 11.8 Å². The Labute approximate surface area is 79.9 Å². The summed E-state index contributed by atoms with van der Waals surface area (Å²) in [6.45, 7) is 1.67. The van der Waals surface area contributed by atoms with Gasteiger partial charge < -0.3 is 0 Å². The summed E-state index contributed by atoms with van der Waals surface area (Å²) in [5.41, 5.74) is 0.528. The zero-order chi connectivity index (χ0) is 9.35. The third-order valence-electron chi connectivity index (χ3n) is 1.41. The van der Waals surface area contributed by atoms with E-state index in [0.29, 0.717) is 10.2 Å². The Bertz CT molecular complexity index is 400. The number of pyridine rings is 1. The van der Waals surface area contributed by atoms with Crippen LogP contribution in [0.3, 0.4) is 0 Å². The molecule has 0 atom stereocenters. The normalized spacial score (nSPS) is 11.6. The predicted octanol–water partition coefficient (Wildman–Crippen LogP) is 1.56. The smallest absolute Gasteiger partial charge is 0.177 e. The van der Waals surface area contributed by atoms with Crippen LogP contribution in [0.25, 0.3) is 0 Å². The topological polar surface area (TPSA) is 47.0 Å². The molecule has 0 fully saturated rings. The molecule has 0 spiro atoms. The summed E-state index contributed by atoms with van der Waals surface area (Å²) < 4.78 is 23.0. The second-order valence-corrected chi connectivity index (χ2v) is 5.41. The van der Waals surface area contributed by atoms with Crippen LogP contribution in [0.2, 0.25) is 0 Å². The molecule has 1 rings (SSSR count). The van der Waals surface area contributed by atoms with Gasteiger partial charge in [0.2, 0.25) is 0 Å². The molecule has 5 heteroatoms. The fourth-order valence-electron chi connectivity index (χ4n) is 0.864. The van der Waals surface area contributed by atoms with Crippen molar-refractivity contribution < 1.29 is 8.42 Å². The van der Waals surface area contributed by atoms with Gasteiger partial charge in [-0.05, 0) is 28.9 Å². The van der Waals surface area contributed by atoms with Crippen LogP contribution in [-0.4, -0.2) is 19.7 Å². The Balaban J connectivity index is 3.43. The summed E-state index contributed by atoms with van der Waals surface area (Å²) in [6.07, 6.45) is 2.74. The van der Waals surface area contributed by atoms with Gasteiger partial charge in [-0.1, -0.05) is 0 Å². The average Bonchev–Trinajstić information content (AvgIpc) is 1.92. The first-order valence-corrected chi connectivity index (χ1v) is 5.92. The molecule has 0 N–H and O–H groups in total. The van der Waals surface area contributed by atoms with E-state index in [4.69, 9.17) is 0 Å². The third kappa shape index (κ3) is 2.04. The lowest BCUT2D eigenvalue weighted by Gasteiger charge is -2.01. The minimum absolute atomic E-state index is 0.275. The Morgan fingerprint density at radius 1 is 1.50 bits per heavy atom. The highest BCUT2D eigenvalue weighted by molar-refractivity contribution is 9.10. The number of hydrogen-bond donors (Lipinski definition) is 0. The van der Waals surface area contributed by atoms with E-state index in [1.807, 2.05) is 0 Å². The van der Waals surface area contributed by atoms with E-state index in [1.165, 1.54) is 6.26 Å². The lowest BCUT2D eigenvalue weighted by atomic mass is 10.4. The lowest BCUT2D eigenvalue weighted by molar-refractivity contribution is 0.600. The van der Waals surface area contributed by atoms with Gasteiger partial charge in [0, 0.05) is 16.9 Å².